The van der Waals surface area contributed by atoms with E-state index in [1.165, 1.54) is 0 Å². The summed E-state index contributed by atoms with van der Waals surface area (Å²) in [6.45, 7) is 3.98. The largest absolute Gasteiger partial charge is 0.495 e. The fraction of sp³-hybridized carbons (Fsp3) is 0.533. The molecule has 0 spiro atoms. The van der Waals surface area contributed by atoms with Crippen molar-refractivity contribution in [2.45, 2.75) is 45.1 Å². The van der Waals surface area contributed by atoms with Gasteiger partial charge in [-0.15, -0.1) is 0 Å². The van der Waals surface area contributed by atoms with Gasteiger partial charge in [-0.1, -0.05) is 24.4 Å². The van der Waals surface area contributed by atoms with Crippen molar-refractivity contribution in [2.24, 2.45) is 4.99 Å². The van der Waals surface area contributed by atoms with Crippen LogP contribution in [-0.4, -0.2) is 13.2 Å². The molecule has 0 aromatic heterocycles. The van der Waals surface area contributed by atoms with Gasteiger partial charge in [-0.25, -0.2) is 4.79 Å². The molecule has 0 atom stereocenters. The van der Waals surface area contributed by atoms with Crippen molar-refractivity contribution < 1.29 is 9.53 Å². The van der Waals surface area contributed by atoms with E-state index >= 15 is 0 Å². The Balaban J connectivity index is 2.70. The molecular formula is C15H18ClNO2. The molecule has 4 heteroatoms. The summed E-state index contributed by atoms with van der Waals surface area (Å²) >= 11 is 6.38. The second kappa shape index (κ2) is 5.36. The molecule has 1 aliphatic carbocycles. The summed E-state index contributed by atoms with van der Waals surface area (Å²) in [7, 11) is 1.60. The minimum absolute atomic E-state index is 0.505. The second-order valence-electron chi connectivity index (χ2n) is 5.16. The SMILES string of the molecule is COc1c(C2(N=C=O)CCCC2)cc(C)c(C)c1Cl. The zero-order chi connectivity index (χ0) is 14.0. The number of aryl methyl sites for hydroxylation is 1. The lowest BCUT2D eigenvalue weighted by molar-refractivity contribution is 0.379. The van der Waals surface area contributed by atoms with E-state index in [2.05, 4.69) is 4.99 Å². The van der Waals surface area contributed by atoms with Crippen molar-refractivity contribution in [3.63, 3.8) is 0 Å². The van der Waals surface area contributed by atoms with Crippen LogP contribution in [0.3, 0.4) is 0 Å². The minimum atomic E-state index is -0.505. The van der Waals surface area contributed by atoms with E-state index in [0.717, 1.165) is 42.4 Å². The fourth-order valence-corrected chi connectivity index (χ4v) is 3.21. The first-order valence-electron chi connectivity index (χ1n) is 6.49. The molecule has 0 N–H and O–H groups in total. The van der Waals surface area contributed by atoms with Gasteiger partial charge in [0.2, 0.25) is 6.08 Å². The summed E-state index contributed by atoms with van der Waals surface area (Å²) < 4.78 is 5.47. The van der Waals surface area contributed by atoms with E-state index in [1.807, 2.05) is 19.9 Å². The highest BCUT2D eigenvalue weighted by Crippen LogP contribution is 2.48. The van der Waals surface area contributed by atoms with Crippen LogP contribution >= 0.6 is 11.6 Å². The maximum Gasteiger partial charge on any atom is 0.235 e. The zero-order valence-corrected chi connectivity index (χ0v) is 12.3. The second-order valence-corrected chi connectivity index (χ2v) is 5.53. The first-order chi connectivity index (χ1) is 9.05. The van der Waals surface area contributed by atoms with Gasteiger partial charge in [-0.05, 0) is 43.9 Å². The number of hydrogen-bond donors (Lipinski definition) is 0. The highest BCUT2D eigenvalue weighted by molar-refractivity contribution is 6.33. The van der Waals surface area contributed by atoms with Gasteiger partial charge in [0, 0.05) is 5.56 Å². The van der Waals surface area contributed by atoms with Gasteiger partial charge in [-0.2, -0.15) is 4.99 Å². The van der Waals surface area contributed by atoms with E-state index < -0.39 is 5.54 Å². The van der Waals surface area contributed by atoms with Crippen molar-refractivity contribution in [3.05, 3.63) is 27.8 Å². The number of aliphatic imine (C=N–C) groups is 1. The van der Waals surface area contributed by atoms with Crippen molar-refractivity contribution in [1.82, 2.24) is 0 Å². The number of carbonyl (C=O) groups excluding carboxylic acids is 1. The van der Waals surface area contributed by atoms with Crippen LogP contribution in [-0.2, 0) is 10.3 Å². The fourth-order valence-electron chi connectivity index (χ4n) is 2.89. The Hall–Kier alpha value is -1.31. The first kappa shape index (κ1) is 14.1. The molecule has 102 valence electrons. The zero-order valence-electron chi connectivity index (χ0n) is 11.5. The van der Waals surface area contributed by atoms with Gasteiger partial charge < -0.3 is 4.74 Å². The smallest absolute Gasteiger partial charge is 0.235 e. The molecule has 2 rings (SSSR count). The molecule has 19 heavy (non-hydrogen) atoms. The van der Waals surface area contributed by atoms with Crippen LogP contribution in [0.25, 0.3) is 0 Å². The predicted molar refractivity (Wildman–Crippen MR) is 75.7 cm³/mol. The molecule has 0 aliphatic heterocycles. The van der Waals surface area contributed by atoms with Gasteiger partial charge in [0.1, 0.15) is 11.3 Å². The number of benzene rings is 1. The number of ether oxygens (including phenoxy) is 1. The summed E-state index contributed by atoms with van der Waals surface area (Å²) in [6.07, 6.45) is 5.53. The van der Waals surface area contributed by atoms with Crippen LogP contribution in [0.15, 0.2) is 11.1 Å². The van der Waals surface area contributed by atoms with Gasteiger partial charge in [0.15, 0.2) is 0 Å². The Labute approximate surface area is 118 Å². The van der Waals surface area contributed by atoms with Crippen molar-refractivity contribution in [1.29, 1.82) is 0 Å². The number of nitrogens with zero attached hydrogens (tertiary/aromatic N) is 1. The number of methoxy groups -OCH3 is 1. The average molecular weight is 280 g/mol. The lowest BCUT2D eigenvalue weighted by Gasteiger charge is -2.27. The maximum atomic E-state index is 10.8. The highest BCUT2D eigenvalue weighted by atomic mass is 35.5. The van der Waals surface area contributed by atoms with Gasteiger partial charge in [-0.3, -0.25) is 0 Å². The molecule has 1 aromatic rings. The molecule has 0 heterocycles. The van der Waals surface area contributed by atoms with E-state index in [4.69, 9.17) is 16.3 Å². The molecular weight excluding hydrogens is 262 g/mol. The summed E-state index contributed by atoms with van der Waals surface area (Å²) in [5.41, 5.74) is 2.51. The Morgan fingerprint density at radius 3 is 2.53 bits per heavy atom. The first-order valence-corrected chi connectivity index (χ1v) is 6.87. The Kier molecular flexibility index (Phi) is 3.98. The third-order valence-electron chi connectivity index (χ3n) is 4.12. The average Bonchev–Trinajstić information content (AvgIpc) is 2.86. The van der Waals surface area contributed by atoms with Crippen LogP contribution < -0.4 is 4.74 Å². The summed E-state index contributed by atoms with van der Waals surface area (Å²) in [5, 5.41) is 0.616. The highest BCUT2D eigenvalue weighted by Gasteiger charge is 2.39. The standard InChI is InChI=1S/C15H18ClNO2/c1-10-8-12(14(19-3)13(16)11(10)2)15(17-9-18)6-4-5-7-15/h8H,4-7H2,1-3H3. The van der Waals surface area contributed by atoms with E-state index in [0.29, 0.717) is 10.8 Å². The molecule has 1 aliphatic rings. The minimum Gasteiger partial charge on any atom is -0.495 e. The summed E-state index contributed by atoms with van der Waals surface area (Å²) in [4.78, 5) is 14.9. The van der Waals surface area contributed by atoms with Crippen LogP contribution in [0.4, 0.5) is 0 Å². The summed E-state index contributed by atoms with van der Waals surface area (Å²) in [5.74, 6) is 0.644. The Morgan fingerprint density at radius 1 is 1.37 bits per heavy atom. The van der Waals surface area contributed by atoms with Crippen LogP contribution in [0.2, 0.25) is 5.02 Å². The Bertz CT molecular complexity index is 542. The van der Waals surface area contributed by atoms with E-state index in [-0.39, 0.29) is 0 Å². The number of halogens is 1. The molecule has 3 nitrogen and oxygen atoms in total. The monoisotopic (exact) mass is 279 g/mol. The molecule has 0 bridgehead atoms. The molecule has 1 aromatic carbocycles. The molecule has 0 amide bonds. The molecule has 0 saturated heterocycles. The number of rotatable bonds is 3. The molecule has 0 unspecified atom stereocenters. The lowest BCUT2D eigenvalue weighted by atomic mass is 9.86. The van der Waals surface area contributed by atoms with Crippen molar-refractivity contribution >= 4 is 17.7 Å². The topological polar surface area (TPSA) is 38.7 Å². The van der Waals surface area contributed by atoms with E-state index in [1.54, 1.807) is 13.2 Å². The number of isocyanates is 1. The normalized spacial score (nSPS) is 17.1. The van der Waals surface area contributed by atoms with Crippen LogP contribution in [0.1, 0.15) is 42.4 Å². The van der Waals surface area contributed by atoms with Crippen molar-refractivity contribution in [3.8, 4) is 5.75 Å². The van der Waals surface area contributed by atoms with Crippen LogP contribution in [0.5, 0.6) is 5.75 Å². The summed E-state index contributed by atoms with van der Waals surface area (Å²) in [6, 6.07) is 2.05. The lowest BCUT2D eigenvalue weighted by Crippen LogP contribution is -2.20. The van der Waals surface area contributed by atoms with E-state index in [9.17, 15) is 4.79 Å². The quantitative estimate of drug-likeness (QED) is 0.618. The van der Waals surface area contributed by atoms with Crippen molar-refractivity contribution in [2.75, 3.05) is 7.11 Å². The van der Waals surface area contributed by atoms with Crippen LogP contribution in [0, 0.1) is 13.8 Å². The molecule has 1 fully saturated rings. The van der Waals surface area contributed by atoms with Gasteiger partial charge in [0.25, 0.3) is 0 Å². The molecule has 0 radical (unpaired) electrons. The predicted octanol–water partition coefficient (Wildman–Crippen LogP) is 4.07. The third kappa shape index (κ3) is 2.29. The third-order valence-corrected chi connectivity index (χ3v) is 4.58. The number of hydrogen-bond acceptors (Lipinski definition) is 3. The van der Waals surface area contributed by atoms with Gasteiger partial charge >= 0.3 is 0 Å². The Morgan fingerprint density at radius 2 is 2.00 bits per heavy atom. The molecule has 1 saturated carbocycles. The van der Waals surface area contributed by atoms with Gasteiger partial charge in [0.05, 0.1) is 12.1 Å². The maximum absolute atomic E-state index is 10.8.